The molecule has 1 aliphatic carbocycles. The monoisotopic (exact) mass is 330 g/mol. The maximum atomic E-state index is 12.2. The number of aromatic nitrogens is 1. The number of aryl methyl sites for hydroxylation is 1. The second kappa shape index (κ2) is 5.33. The van der Waals surface area contributed by atoms with Gasteiger partial charge in [-0.2, -0.15) is 0 Å². The Bertz CT molecular complexity index is 812. The molecule has 1 fully saturated rings. The number of hydrogen-bond acceptors (Lipinski definition) is 4. The maximum absolute atomic E-state index is 12.2. The van der Waals surface area contributed by atoms with E-state index in [1.54, 1.807) is 7.11 Å². The average Bonchev–Trinajstić information content (AvgIpc) is 2.92. The Kier molecular flexibility index (Phi) is 3.48. The Hall–Kier alpha value is -1.85. The van der Waals surface area contributed by atoms with Gasteiger partial charge >= 0.3 is 5.97 Å². The van der Waals surface area contributed by atoms with Gasteiger partial charge in [-0.1, -0.05) is 12.1 Å². The normalized spacial score (nSPS) is 29.5. The molecule has 128 valence electrons. The van der Waals surface area contributed by atoms with E-state index >= 15 is 0 Å². The summed E-state index contributed by atoms with van der Waals surface area (Å²) < 4.78 is 13.4. The molecule has 3 atom stereocenters. The van der Waals surface area contributed by atoms with Crippen molar-refractivity contribution in [3.63, 3.8) is 0 Å². The first-order valence-electron chi connectivity index (χ1n) is 8.42. The predicted octanol–water partition coefficient (Wildman–Crippen LogP) is 2.07. The van der Waals surface area contributed by atoms with Gasteiger partial charge in [0.25, 0.3) is 0 Å². The van der Waals surface area contributed by atoms with Crippen molar-refractivity contribution in [2.24, 2.45) is 13.0 Å². The molecule has 0 bridgehead atoms. The number of piperidine rings is 1. The zero-order valence-electron chi connectivity index (χ0n) is 14.7. The number of benzene rings is 1. The van der Waals surface area contributed by atoms with E-state index in [0.29, 0.717) is 13.0 Å². The third-order valence-electron chi connectivity index (χ3n) is 5.99. The number of rotatable bonds is 2. The van der Waals surface area contributed by atoms with Crippen molar-refractivity contribution in [3.8, 4) is 0 Å². The highest BCUT2D eigenvalue weighted by Crippen LogP contribution is 2.49. The summed E-state index contributed by atoms with van der Waals surface area (Å²) in [4.78, 5) is 14.5. The summed E-state index contributed by atoms with van der Waals surface area (Å²) >= 11 is 0. The van der Waals surface area contributed by atoms with Crippen molar-refractivity contribution in [3.05, 3.63) is 35.5 Å². The lowest BCUT2D eigenvalue weighted by atomic mass is 9.70. The highest BCUT2D eigenvalue weighted by Gasteiger charge is 2.53. The molecule has 0 radical (unpaired) electrons. The van der Waals surface area contributed by atoms with E-state index in [9.17, 15) is 4.79 Å². The van der Waals surface area contributed by atoms with E-state index in [0.717, 1.165) is 6.42 Å². The molecule has 0 saturated carbocycles. The highest BCUT2D eigenvalue weighted by atomic mass is 16.8. The fourth-order valence-electron chi connectivity index (χ4n) is 4.92. The third kappa shape index (κ3) is 1.91. The van der Waals surface area contributed by atoms with Crippen LogP contribution in [0.25, 0.3) is 10.9 Å². The number of carbonyl (C=O) groups is 1. The van der Waals surface area contributed by atoms with Crippen LogP contribution in [-0.2, 0) is 33.3 Å². The van der Waals surface area contributed by atoms with Gasteiger partial charge in [0, 0.05) is 43.8 Å². The molecule has 1 aliphatic heterocycles. The van der Waals surface area contributed by atoms with Crippen molar-refractivity contribution >= 4 is 16.9 Å². The number of likely N-dealkylation sites (tertiary alicyclic amines) is 1. The van der Waals surface area contributed by atoms with Crippen molar-refractivity contribution in [2.75, 3.05) is 27.8 Å². The van der Waals surface area contributed by atoms with Gasteiger partial charge in [0.2, 0.25) is 0 Å². The van der Waals surface area contributed by atoms with Crippen molar-refractivity contribution in [1.82, 2.24) is 9.47 Å². The smallest absolute Gasteiger partial charge is 0.310 e. The number of esters is 1. The van der Waals surface area contributed by atoms with E-state index in [1.165, 1.54) is 29.1 Å². The van der Waals surface area contributed by atoms with Gasteiger partial charge in [-0.25, -0.2) is 0 Å². The summed E-state index contributed by atoms with van der Waals surface area (Å²) in [6, 6.07) is 6.63. The van der Waals surface area contributed by atoms with Crippen molar-refractivity contribution in [1.29, 1.82) is 0 Å². The summed E-state index contributed by atoms with van der Waals surface area (Å²) in [7, 11) is 7.41. The van der Waals surface area contributed by atoms with E-state index in [4.69, 9.17) is 9.47 Å². The molecule has 2 heterocycles. The highest BCUT2D eigenvalue weighted by molar-refractivity contribution is 5.89. The molecular weight excluding hydrogens is 306 g/mol. The maximum Gasteiger partial charge on any atom is 0.310 e. The molecule has 1 aromatic carbocycles. The molecule has 24 heavy (non-hydrogen) atoms. The number of likely N-dealkylation sites (N-methyl/N-ethyl adjacent to an activating group) is 1. The molecule has 0 unspecified atom stereocenters. The Morgan fingerprint density at radius 2 is 2.08 bits per heavy atom. The van der Waals surface area contributed by atoms with Gasteiger partial charge in [-0.3, -0.25) is 9.69 Å². The van der Waals surface area contributed by atoms with Crippen LogP contribution >= 0.6 is 0 Å². The fraction of sp³-hybridized carbons (Fsp3) is 0.526. The van der Waals surface area contributed by atoms with Crippen LogP contribution in [0.2, 0.25) is 0 Å². The quantitative estimate of drug-likeness (QED) is 0.791. The molecule has 2 aliphatic rings. The Morgan fingerprint density at radius 1 is 1.29 bits per heavy atom. The van der Waals surface area contributed by atoms with E-state index in [-0.39, 0.29) is 17.9 Å². The predicted molar refractivity (Wildman–Crippen MR) is 91.9 cm³/mol. The van der Waals surface area contributed by atoms with Gasteiger partial charge in [0.05, 0.1) is 13.0 Å². The van der Waals surface area contributed by atoms with Crippen LogP contribution in [0.15, 0.2) is 24.4 Å². The lowest BCUT2D eigenvalue weighted by Gasteiger charge is -2.52. The lowest BCUT2D eigenvalue weighted by Crippen LogP contribution is -2.60. The lowest BCUT2D eigenvalue weighted by molar-refractivity contribution is -0.163. The van der Waals surface area contributed by atoms with Gasteiger partial charge in [-0.05, 0) is 37.1 Å². The van der Waals surface area contributed by atoms with Crippen molar-refractivity contribution < 1.29 is 14.3 Å². The van der Waals surface area contributed by atoms with Crippen molar-refractivity contribution in [2.45, 2.75) is 24.5 Å². The van der Waals surface area contributed by atoms with E-state index in [1.807, 2.05) is 0 Å². The summed E-state index contributed by atoms with van der Waals surface area (Å²) in [5, 5.41) is 1.29. The van der Waals surface area contributed by atoms with Crippen LogP contribution in [0.5, 0.6) is 0 Å². The van der Waals surface area contributed by atoms with Crippen LogP contribution in [0.4, 0.5) is 0 Å². The summed E-state index contributed by atoms with van der Waals surface area (Å²) in [5.74, 6) is -0.320. The SMILES string of the molecule is CO[14C](=O)[C@H]1CN(C)[C@@H]2Cc3cn(C)c4cccc(c34)[C@@]2(OC)C1. The zero-order valence-corrected chi connectivity index (χ0v) is 14.7. The van der Waals surface area contributed by atoms with Gasteiger partial charge in [0.1, 0.15) is 5.60 Å². The van der Waals surface area contributed by atoms with E-state index < -0.39 is 5.60 Å². The molecular formula is C19H24N2O3. The number of ether oxygens (including phenoxy) is 2. The number of hydrogen-bond donors (Lipinski definition) is 0. The van der Waals surface area contributed by atoms with Crippen LogP contribution in [0.1, 0.15) is 17.5 Å². The van der Waals surface area contributed by atoms with Gasteiger partial charge in [-0.15, -0.1) is 0 Å². The molecule has 0 amide bonds. The van der Waals surface area contributed by atoms with Crippen LogP contribution in [0.3, 0.4) is 0 Å². The molecule has 0 spiro atoms. The molecule has 0 N–H and O–H groups in total. The van der Waals surface area contributed by atoms with Crippen LogP contribution in [0, 0.1) is 5.92 Å². The Labute approximate surface area is 142 Å². The third-order valence-corrected chi connectivity index (χ3v) is 5.99. The number of carbonyl (C=O) groups excluding carboxylic acids is 1. The minimum atomic E-state index is -0.472. The average molecular weight is 330 g/mol. The number of fused-ring (bicyclic) bond motifs is 2. The van der Waals surface area contributed by atoms with E-state index in [2.05, 4.69) is 48.0 Å². The molecule has 1 saturated heterocycles. The molecule has 5 heteroatoms. The molecule has 1 aromatic heterocycles. The minimum absolute atomic E-state index is 0.150. The second-order valence-electron chi connectivity index (χ2n) is 7.14. The first kappa shape index (κ1) is 15.7. The first-order valence-corrected chi connectivity index (χ1v) is 8.42. The molecule has 2 aromatic rings. The summed E-state index contributed by atoms with van der Waals surface area (Å²) in [6.07, 6.45) is 3.83. The minimum Gasteiger partial charge on any atom is -0.469 e. The Balaban J connectivity index is 1.93. The molecule has 5 nitrogen and oxygen atoms in total. The largest absolute Gasteiger partial charge is 0.469 e. The summed E-state index contributed by atoms with van der Waals surface area (Å²) in [6.45, 7) is 0.709. The van der Waals surface area contributed by atoms with Crippen LogP contribution < -0.4 is 0 Å². The summed E-state index contributed by atoms with van der Waals surface area (Å²) in [5.41, 5.74) is 3.32. The standard InChI is InChI=1S/C19H24N2O3/c1-20-10-12-8-16-19(24-4,14-6-5-7-15(20)17(12)14)9-13(11-21(16)2)18(22)23-3/h5-7,10,13,16H,8-9,11H2,1-4H3/t13-,16-,19+/m1/s1/i18+2. The Morgan fingerprint density at radius 3 is 2.79 bits per heavy atom. The molecule has 4 rings (SSSR count). The van der Waals surface area contributed by atoms with Gasteiger partial charge < -0.3 is 14.0 Å². The second-order valence-corrected chi connectivity index (χ2v) is 7.14. The topological polar surface area (TPSA) is 43.7 Å². The fourth-order valence-corrected chi connectivity index (χ4v) is 4.92. The zero-order chi connectivity index (χ0) is 17.1. The first-order chi connectivity index (χ1) is 11.5. The number of methoxy groups -OCH3 is 2. The van der Waals surface area contributed by atoms with Gasteiger partial charge in [0.15, 0.2) is 0 Å². The van der Waals surface area contributed by atoms with Crippen LogP contribution in [-0.4, -0.2) is 49.3 Å². The number of nitrogens with zero attached hydrogens (tertiary/aromatic N) is 2.